The van der Waals surface area contributed by atoms with E-state index in [1.807, 2.05) is 0 Å². The van der Waals surface area contributed by atoms with Crippen LogP contribution < -0.4 is 5.73 Å². The Balaban J connectivity index is 2.34. The number of nitrogens with zero attached hydrogens (tertiary/aromatic N) is 3. The van der Waals surface area contributed by atoms with Crippen LogP contribution in [0.5, 0.6) is 0 Å². The van der Waals surface area contributed by atoms with E-state index in [9.17, 15) is 8.78 Å². The number of anilines is 1. The molecule has 0 aliphatic rings. The van der Waals surface area contributed by atoms with Crippen molar-refractivity contribution < 1.29 is 8.78 Å². The fourth-order valence-corrected chi connectivity index (χ4v) is 2.73. The second-order valence-corrected chi connectivity index (χ2v) is 5.78. The number of hydrogen-bond donors (Lipinski definition) is 1. The number of aromatic nitrogens is 2. The van der Waals surface area contributed by atoms with Crippen molar-refractivity contribution in [3.05, 3.63) is 23.8 Å². The summed E-state index contributed by atoms with van der Waals surface area (Å²) in [5.41, 5.74) is 6.38. The van der Waals surface area contributed by atoms with Crippen molar-refractivity contribution in [1.29, 1.82) is 0 Å². The van der Waals surface area contributed by atoms with E-state index in [0.29, 0.717) is 30.7 Å². The third-order valence-corrected chi connectivity index (χ3v) is 3.74. The second kappa shape index (κ2) is 5.97. The molecule has 2 N–H and O–H groups in total. The number of hydrogen-bond acceptors (Lipinski definition) is 3. The fraction of sp³-hybridized carbons (Fsp3) is 0.533. The minimum Gasteiger partial charge on any atom is -0.369 e. The maximum atomic E-state index is 14.0. The third kappa shape index (κ3) is 3.00. The fourth-order valence-electron chi connectivity index (χ4n) is 2.73. The molecule has 116 valence electrons. The van der Waals surface area contributed by atoms with Gasteiger partial charge in [-0.1, -0.05) is 0 Å². The Morgan fingerprint density at radius 1 is 1.19 bits per heavy atom. The zero-order chi connectivity index (χ0) is 15.7. The predicted octanol–water partition coefficient (Wildman–Crippen LogP) is 3.02. The van der Waals surface area contributed by atoms with Gasteiger partial charge >= 0.3 is 0 Å². The van der Waals surface area contributed by atoms with Gasteiger partial charge in [-0.3, -0.25) is 4.90 Å². The Morgan fingerprint density at radius 2 is 1.81 bits per heavy atom. The normalized spacial score (nSPS) is 12.2. The van der Waals surface area contributed by atoms with Gasteiger partial charge in [0, 0.05) is 25.2 Å². The van der Waals surface area contributed by atoms with Gasteiger partial charge in [-0.25, -0.2) is 13.8 Å². The molecular weight excluding hydrogens is 274 g/mol. The molecule has 0 atom stereocenters. The van der Waals surface area contributed by atoms with Gasteiger partial charge < -0.3 is 10.3 Å². The van der Waals surface area contributed by atoms with Crippen LogP contribution in [0.1, 0.15) is 27.7 Å². The molecular formula is C15H22F2N4. The smallest absolute Gasteiger partial charge is 0.201 e. The number of rotatable bonds is 5. The SMILES string of the molecule is CC(C)N(CCn1c(N)nc2ccc(F)c(F)c21)C(C)C. The molecule has 1 aromatic heterocycles. The quantitative estimate of drug-likeness (QED) is 0.922. The molecule has 6 heteroatoms. The van der Waals surface area contributed by atoms with Gasteiger partial charge in [0.25, 0.3) is 0 Å². The highest BCUT2D eigenvalue weighted by atomic mass is 19.2. The minimum absolute atomic E-state index is 0.139. The molecule has 0 amide bonds. The Morgan fingerprint density at radius 3 is 2.38 bits per heavy atom. The highest BCUT2D eigenvalue weighted by Crippen LogP contribution is 2.23. The lowest BCUT2D eigenvalue weighted by Crippen LogP contribution is -2.39. The van der Waals surface area contributed by atoms with Crippen LogP contribution in [0.3, 0.4) is 0 Å². The summed E-state index contributed by atoms with van der Waals surface area (Å²) < 4.78 is 29.0. The number of fused-ring (bicyclic) bond motifs is 1. The van der Waals surface area contributed by atoms with Crippen LogP contribution in [-0.4, -0.2) is 33.1 Å². The monoisotopic (exact) mass is 296 g/mol. The van der Waals surface area contributed by atoms with Crippen LogP contribution in [0.15, 0.2) is 12.1 Å². The molecule has 0 saturated heterocycles. The molecule has 2 rings (SSSR count). The predicted molar refractivity (Wildman–Crippen MR) is 81.0 cm³/mol. The topological polar surface area (TPSA) is 47.1 Å². The molecule has 1 aromatic carbocycles. The first-order valence-corrected chi connectivity index (χ1v) is 7.18. The summed E-state index contributed by atoms with van der Waals surface area (Å²) in [6.07, 6.45) is 0. The zero-order valence-corrected chi connectivity index (χ0v) is 12.9. The Hall–Kier alpha value is -1.69. The number of halogens is 2. The van der Waals surface area contributed by atoms with E-state index in [0.717, 1.165) is 6.07 Å². The minimum atomic E-state index is -0.891. The first-order valence-electron chi connectivity index (χ1n) is 7.18. The van der Waals surface area contributed by atoms with E-state index >= 15 is 0 Å². The van der Waals surface area contributed by atoms with Gasteiger partial charge in [0.15, 0.2) is 11.6 Å². The van der Waals surface area contributed by atoms with Gasteiger partial charge in [-0.05, 0) is 39.8 Å². The van der Waals surface area contributed by atoms with Crippen LogP contribution in [0.4, 0.5) is 14.7 Å². The van der Waals surface area contributed by atoms with Gasteiger partial charge in [0.1, 0.15) is 5.52 Å². The Bertz CT molecular complexity index is 626. The summed E-state index contributed by atoms with van der Waals surface area (Å²) >= 11 is 0. The van der Waals surface area contributed by atoms with Gasteiger partial charge in [0.05, 0.1) is 5.52 Å². The highest BCUT2D eigenvalue weighted by Gasteiger charge is 2.18. The van der Waals surface area contributed by atoms with Crippen LogP contribution in [0.2, 0.25) is 0 Å². The molecule has 4 nitrogen and oxygen atoms in total. The summed E-state index contributed by atoms with van der Waals surface area (Å²) in [5.74, 6) is -1.56. The molecule has 0 spiro atoms. The van der Waals surface area contributed by atoms with Crippen molar-refractivity contribution >= 4 is 17.0 Å². The molecule has 0 unspecified atom stereocenters. The van der Waals surface area contributed by atoms with Gasteiger partial charge in [-0.15, -0.1) is 0 Å². The second-order valence-electron chi connectivity index (χ2n) is 5.78. The summed E-state index contributed by atoms with van der Waals surface area (Å²) in [7, 11) is 0. The van der Waals surface area contributed by atoms with E-state index < -0.39 is 11.6 Å². The van der Waals surface area contributed by atoms with Crippen molar-refractivity contribution in [3.8, 4) is 0 Å². The van der Waals surface area contributed by atoms with Gasteiger partial charge in [0.2, 0.25) is 5.95 Å². The maximum Gasteiger partial charge on any atom is 0.201 e. The highest BCUT2D eigenvalue weighted by molar-refractivity contribution is 5.79. The Labute approximate surface area is 123 Å². The van der Waals surface area contributed by atoms with E-state index in [1.54, 1.807) is 4.57 Å². The number of benzene rings is 1. The first-order chi connectivity index (χ1) is 9.82. The molecule has 0 bridgehead atoms. The maximum absolute atomic E-state index is 14.0. The van der Waals surface area contributed by atoms with Gasteiger partial charge in [-0.2, -0.15) is 0 Å². The summed E-state index contributed by atoms with van der Waals surface area (Å²) in [6, 6.07) is 3.25. The summed E-state index contributed by atoms with van der Waals surface area (Å²) in [5, 5.41) is 0. The lowest BCUT2D eigenvalue weighted by atomic mass is 10.2. The Kier molecular flexibility index (Phi) is 4.46. The van der Waals surface area contributed by atoms with Crippen molar-refractivity contribution in [2.45, 2.75) is 46.3 Å². The number of nitrogen functional groups attached to an aromatic ring is 1. The molecule has 1 heterocycles. The number of imidazole rings is 1. The molecule has 0 radical (unpaired) electrons. The van der Waals surface area contributed by atoms with Crippen molar-refractivity contribution in [2.24, 2.45) is 0 Å². The van der Waals surface area contributed by atoms with Crippen LogP contribution in [-0.2, 0) is 6.54 Å². The average Bonchev–Trinajstić information content (AvgIpc) is 2.71. The average molecular weight is 296 g/mol. The molecule has 0 fully saturated rings. The molecule has 0 aliphatic heterocycles. The summed E-state index contributed by atoms with van der Waals surface area (Å²) in [6.45, 7) is 9.59. The zero-order valence-electron chi connectivity index (χ0n) is 12.9. The molecule has 0 aliphatic carbocycles. The third-order valence-electron chi connectivity index (χ3n) is 3.74. The summed E-state index contributed by atoms with van der Waals surface area (Å²) in [4.78, 5) is 6.36. The largest absolute Gasteiger partial charge is 0.369 e. The van der Waals surface area contributed by atoms with Crippen LogP contribution in [0, 0.1) is 11.6 Å². The van der Waals surface area contributed by atoms with Crippen molar-refractivity contribution in [2.75, 3.05) is 12.3 Å². The van der Waals surface area contributed by atoms with Crippen LogP contribution >= 0.6 is 0 Å². The van der Waals surface area contributed by atoms with E-state index in [4.69, 9.17) is 5.73 Å². The molecule has 0 saturated carbocycles. The first kappa shape index (κ1) is 15.7. The lowest BCUT2D eigenvalue weighted by molar-refractivity contribution is 0.169. The van der Waals surface area contributed by atoms with E-state index in [-0.39, 0.29) is 11.5 Å². The molecule has 2 aromatic rings. The lowest BCUT2D eigenvalue weighted by Gasteiger charge is -2.30. The molecule has 21 heavy (non-hydrogen) atoms. The standard InChI is InChI=1S/C15H22F2N4/c1-9(2)20(10(3)4)7-8-21-14-12(19-15(21)18)6-5-11(16)13(14)17/h5-6,9-10H,7-8H2,1-4H3,(H2,18,19). The number of nitrogens with two attached hydrogens (primary N) is 1. The van der Waals surface area contributed by atoms with Crippen LogP contribution in [0.25, 0.3) is 11.0 Å². The van der Waals surface area contributed by atoms with Crippen molar-refractivity contribution in [3.63, 3.8) is 0 Å². The van der Waals surface area contributed by atoms with Crippen molar-refractivity contribution in [1.82, 2.24) is 14.5 Å². The van der Waals surface area contributed by atoms with E-state index in [2.05, 4.69) is 37.6 Å². The van der Waals surface area contributed by atoms with E-state index in [1.165, 1.54) is 6.07 Å².